The molecular formula is C22H14Cl2N2O4S. The Morgan fingerprint density at radius 3 is 2.65 bits per heavy atom. The normalized spacial score (nSPS) is 19.4. The van der Waals surface area contributed by atoms with Crippen LogP contribution in [-0.2, 0) is 15.0 Å². The summed E-state index contributed by atoms with van der Waals surface area (Å²) in [6.45, 7) is 0. The number of halogens is 2. The van der Waals surface area contributed by atoms with Crippen molar-refractivity contribution in [1.29, 1.82) is 0 Å². The molecule has 2 aliphatic rings. The van der Waals surface area contributed by atoms with E-state index < -0.39 is 11.4 Å². The first-order chi connectivity index (χ1) is 14.8. The van der Waals surface area contributed by atoms with E-state index in [0.29, 0.717) is 43.0 Å². The number of hydrogen-bond acceptors (Lipinski definition) is 4. The van der Waals surface area contributed by atoms with E-state index in [-0.39, 0.29) is 23.1 Å². The molecule has 0 saturated carbocycles. The third-order valence-corrected chi connectivity index (χ3v) is 7.68. The molecule has 0 saturated heterocycles. The highest BCUT2D eigenvalue weighted by atomic mass is 35.5. The van der Waals surface area contributed by atoms with Crippen LogP contribution in [0.4, 0.5) is 11.4 Å². The van der Waals surface area contributed by atoms with Gasteiger partial charge in [0.05, 0.1) is 17.0 Å². The van der Waals surface area contributed by atoms with Crippen LogP contribution in [0.1, 0.15) is 26.5 Å². The van der Waals surface area contributed by atoms with Crippen LogP contribution in [0, 0.1) is 0 Å². The quantitative estimate of drug-likeness (QED) is 0.547. The number of nitrogens with zero attached hydrogens (tertiary/aromatic N) is 1. The van der Waals surface area contributed by atoms with Crippen molar-refractivity contribution in [3.8, 4) is 11.1 Å². The molecule has 9 heteroatoms. The Hall–Kier alpha value is -2.87. The Morgan fingerprint density at radius 1 is 1.19 bits per heavy atom. The molecule has 3 aromatic rings. The minimum Gasteiger partial charge on any atom is -0.477 e. The molecule has 5 rings (SSSR count). The van der Waals surface area contributed by atoms with E-state index in [1.807, 2.05) is 0 Å². The number of thiophene rings is 1. The number of likely N-dealkylation sites (N-methyl/N-ethyl adjacent to an activating group) is 1. The minimum atomic E-state index is -1.35. The van der Waals surface area contributed by atoms with Crippen molar-refractivity contribution >= 4 is 63.7 Å². The van der Waals surface area contributed by atoms with Gasteiger partial charge in [0.1, 0.15) is 10.3 Å². The molecule has 0 radical (unpaired) electrons. The number of nitrogens with one attached hydrogen (secondary N) is 1. The molecule has 31 heavy (non-hydrogen) atoms. The zero-order valence-electron chi connectivity index (χ0n) is 16.0. The molecular weight excluding hydrogens is 459 g/mol. The lowest BCUT2D eigenvalue weighted by Gasteiger charge is -2.32. The number of amides is 2. The van der Waals surface area contributed by atoms with Gasteiger partial charge in [-0.15, -0.1) is 11.3 Å². The number of carbonyl (C=O) groups excluding carboxylic acids is 2. The van der Waals surface area contributed by atoms with Crippen LogP contribution in [0.3, 0.4) is 0 Å². The lowest BCUT2D eigenvalue weighted by Crippen LogP contribution is -2.45. The van der Waals surface area contributed by atoms with Gasteiger partial charge in [-0.2, -0.15) is 0 Å². The predicted molar refractivity (Wildman–Crippen MR) is 121 cm³/mol. The van der Waals surface area contributed by atoms with Gasteiger partial charge in [0.25, 0.3) is 0 Å². The molecule has 0 aliphatic carbocycles. The Kier molecular flexibility index (Phi) is 4.41. The van der Waals surface area contributed by atoms with Crippen molar-refractivity contribution in [3.63, 3.8) is 0 Å². The summed E-state index contributed by atoms with van der Waals surface area (Å²) in [4.78, 5) is 40.6. The number of aromatic carboxylic acids is 1. The first-order valence-corrected chi connectivity index (χ1v) is 10.9. The molecule has 0 bridgehead atoms. The van der Waals surface area contributed by atoms with Crippen LogP contribution in [0.15, 0.2) is 42.5 Å². The van der Waals surface area contributed by atoms with E-state index in [1.165, 1.54) is 4.90 Å². The van der Waals surface area contributed by atoms with Crippen molar-refractivity contribution in [2.24, 2.45) is 0 Å². The van der Waals surface area contributed by atoms with E-state index in [1.54, 1.807) is 49.5 Å². The van der Waals surface area contributed by atoms with E-state index in [0.717, 1.165) is 11.3 Å². The Labute approximate surface area is 191 Å². The highest BCUT2D eigenvalue weighted by molar-refractivity contribution is 7.15. The fraction of sp³-hybridized carbons (Fsp3) is 0.136. The van der Waals surface area contributed by atoms with Gasteiger partial charge in [0.15, 0.2) is 0 Å². The van der Waals surface area contributed by atoms with Gasteiger partial charge in [0.2, 0.25) is 11.8 Å². The van der Waals surface area contributed by atoms with Crippen LogP contribution >= 0.6 is 34.5 Å². The molecule has 6 nitrogen and oxygen atoms in total. The summed E-state index contributed by atoms with van der Waals surface area (Å²) in [5.74, 6) is -1.85. The first-order valence-electron chi connectivity index (χ1n) is 9.29. The van der Waals surface area contributed by atoms with Gasteiger partial charge in [-0.3, -0.25) is 9.59 Å². The highest BCUT2D eigenvalue weighted by Crippen LogP contribution is 2.58. The molecule has 1 atom stereocenters. The van der Waals surface area contributed by atoms with Gasteiger partial charge >= 0.3 is 5.97 Å². The zero-order chi connectivity index (χ0) is 22.1. The number of benzene rings is 2. The topological polar surface area (TPSA) is 86.7 Å². The summed E-state index contributed by atoms with van der Waals surface area (Å²) in [5, 5.41) is 13.5. The maximum absolute atomic E-state index is 13.6. The minimum absolute atomic E-state index is 0.00519. The molecule has 3 heterocycles. The van der Waals surface area contributed by atoms with Crippen LogP contribution < -0.4 is 10.2 Å². The summed E-state index contributed by atoms with van der Waals surface area (Å²) >= 11 is 13.6. The average Bonchev–Trinajstić information content (AvgIpc) is 3.20. The van der Waals surface area contributed by atoms with Crippen molar-refractivity contribution in [2.45, 2.75) is 11.8 Å². The van der Waals surface area contributed by atoms with E-state index in [9.17, 15) is 19.5 Å². The monoisotopic (exact) mass is 472 g/mol. The number of carboxylic acid groups (broad SMARTS) is 1. The smallest absolute Gasteiger partial charge is 0.346 e. The third kappa shape index (κ3) is 2.67. The number of anilines is 2. The standard InChI is InChI=1S/C22H14Cl2N2O4S/c1-26-14-7-6-10(23)8-12(14)22(21(26)30)9-15(27)25-17-16(11-4-2-3-5-13(11)24)18(20(28)29)31-19(17)22/h2-8H,9H2,1H3,(H,25,27)(H,28,29)/t22-/m0/s1. The molecule has 2 aromatic carbocycles. The summed E-state index contributed by atoms with van der Waals surface area (Å²) < 4.78 is 0. The van der Waals surface area contributed by atoms with E-state index in [4.69, 9.17) is 23.2 Å². The van der Waals surface area contributed by atoms with Crippen LogP contribution in [-0.4, -0.2) is 29.9 Å². The molecule has 156 valence electrons. The molecule has 2 N–H and O–H groups in total. The lowest BCUT2D eigenvalue weighted by atomic mass is 9.74. The van der Waals surface area contributed by atoms with Crippen LogP contribution in [0.2, 0.25) is 10.0 Å². The number of fused-ring (bicyclic) bond motifs is 4. The van der Waals surface area contributed by atoms with Crippen LogP contribution in [0.25, 0.3) is 11.1 Å². The zero-order valence-corrected chi connectivity index (χ0v) is 18.4. The number of rotatable bonds is 2. The predicted octanol–water partition coefficient (Wildman–Crippen LogP) is 5.02. The van der Waals surface area contributed by atoms with Crippen LogP contribution in [0.5, 0.6) is 0 Å². The summed E-state index contributed by atoms with van der Waals surface area (Å²) in [5.41, 5.74) is 0.965. The van der Waals surface area contributed by atoms with Crippen molar-refractivity contribution in [3.05, 3.63) is 67.8 Å². The number of hydrogen-bond donors (Lipinski definition) is 2. The van der Waals surface area contributed by atoms with Gasteiger partial charge in [-0.1, -0.05) is 41.4 Å². The molecule has 2 aliphatic heterocycles. The van der Waals surface area contributed by atoms with Crippen molar-refractivity contribution < 1.29 is 19.5 Å². The van der Waals surface area contributed by atoms with Crippen molar-refractivity contribution in [2.75, 3.05) is 17.3 Å². The van der Waals surface area contributed by atoms with Gasteiger partial charge in [-0.25, -0.2) is 4.79 Å². The maximum atomic E-state index is 13.6. The summed E-state index contributed by atoms with van der Waals surface area (Å²) in [7, 11) is 1.64. The highest BCUT2D eigenvalue weighted by Gasteiger charge is 2.57. The van der Waals surface area contributed by atoms with Gasteiger partial charge < -0.3 is 15.3 Å². The van der Waals surface area contributed by atoms with Gasteiger partial charge in [0, 0.05) is 33.9 Å². The van der Waals surface area contributed by atoms with Gasteiger partial charge in [-0.05, 0) is 29.8 Å². The molecule has 0 fully saturated rings. The fourth-order valence-corrected chi connectivity index (χ4v) is 6.18. The Morgan fingerprint density at radius 2 is 1.94 bits per heavy atom. The fourth-order valence-electron chi connectivity index (χ4n) is 4.47. The van der Waals surface area contributed by atoms with E-state index >= 15 is 0 Å². The second-order valence-electron chi connectivity index (χ2n) is 7.45. The third-order valence-electron chi connectivity index (χ3n) is 5.77. The summed E-state index contributed by atoms with van der Waals surface area (Å²) in [6, 6.07) is 11.9. The second kappa shape index (κ2) is 6.82. The Bertz CT molecular complexity index is 1320. The maximum Gasteiger partial charge on any atom is 0.346 e. The number of carbonyl (C=O) groups is 3. The molecule has 0 unspecified atom stereocenters. The second-order valence-corrected chi connectivity index (χ2v) is 9.32. The Balaban J connectivity index is 1.89. The lowest BCUT2D eigenvalue weighted by molar-refractivity contribution is -0.126. The molecule has 1 spiro atoms. The first kappa shape index (κ1) is 20.1. The SMILES string of the molecule is CN1C(=O)[C@@]2(CC(=O)Nc3c2sc(C(=O)O)c3-c2ccccc2Cl)c2cc(Cl)ccc21. The van der Waals surface area contributed by atoms with E-state index in [2.05, 4.69) is 5.32 Å². The molecule has 2 amide bonds. The average molecular weight is 473 g/mol. The molecule has 1 aromatic heterocycles. The number of carboxylic acids is 1. The van der Waals surface area contributed by atoms with Crippen molar-refractivity contribution in [1.82, 2.24) is 0 Å². The largest absolute Gasteiger partial charge is 0.477 e. The summed E-state index contributed by atoms with van der Waals surface area (Å²) in [6.07, 6.45) is -0.141.